The molecule has 1 aromatic heterocycles. The van der Waals surface area contributed by atoms with Gasteiger partial charge in [-0.25, -0.2) is 0 Å². The second kappa shape index (κ2) is 6.02. The van der Waals surface area contributed by atoms with Crippen LogP contribution in [0, 0.1) is 0 Å². The van der Waals surface area contributed by atoms with Crippen LogP contribution in [-0.2, 0) is 0 Å². The molecule has 1 amide bonds. The van der Waals surface area contributed by atoms with E-state index in [2.05, 4.69) is 23.7 Å². The van der Waals surface area contributed by atoms with Crippen molar-refractivity contribution < 1.29 is 4.79 Å². The minimum atomic E-state index is -0.231. The molecule has 1 atom stereocenters. The first kappa shape index (κ1) is 13.8. The van der Waals surface area contributed by atoms with E-state index in [0.29, 0.717) is 11.6 Å². The van der Waals surface area contributed by atoms with E-state index in [9.17, 15) is 9.59 Å². The van der Waals surface area contributed by atoms with Gasteiger partial charge < -0.3 is 9.88 Å². The van der Waals surface area contributed by atoms with Crippen molar-refractivity contribution in [3.05, 3.63) is 34.2 Å². The predicted molar refractivity (Wildman–Crippen MR) is 74.3 cm³/mol. The summed E-state index contributed by atoms with van der Waals surface area (Å²) in [5.41, 5.74) is 0.245. The molecule has 2 heterocycles. The fourth-order valence-electron chi connectivity index (χ4n) is 2.72. The maximum absolute atomic E-state index is 12.3. The maximum Gasteiger partial charge on any atom is 0.254 e. The molecule has 0 spiro atoms. The second-order valence-electron chi connectivity index (χ2n) is 4.86. The smallest absolute Gasteiger partial charge is 0.254 e. The van der Waals surface area contributed by atoms with Crippen LogP contribution in [0.2, 0.25) is 0 Å². The number of pyridine rings is 1. The Morgan fingerprint density at radius 2 is 2.21 bits per heavy atom. The van der Waals surface area contributed by atoms with Gasteiger partial charge >= 0.3 is 0 Å². The number of H-pyrrole nitrogens is 1. The Hall–Kier alpha value is -1.62. The summed E-state index contributed by atoms with van der Waals surface area (Å²) in [4.78, 5) is 30.3. The minimum Gasteiger partial charge on any atom is -0.337 e. The van der Waals surface area contributed by atoms with Crippen molar-refractivity contribution in [1.82, 2.24) is 14.8 Å². The fourth-order valence-corrected chi connectivity index (χ4v) is 2.72. The third-order valence-electron chi connectivity index (χ3n) is 3.80. The molecule has 19 heavy (non-hydrogen) atoms. The predicted octanol–water partition coefficient (Wildman–Crippen LogP) is 0.931. The number of aromatic amines is 1. The van der Waals surface area contributed by atoms with Gasteiger partial charge in [-0.3, -0.25) is 14.5 Å². The van der Waals surface area contributed by atoms with E-state index >= 15 is 0 Å². The molecule has 104 valence electrons. The number of carbonyl (C=O) groups excluding carboxylic acids is 1. The molecule has 1 fully saturated rings. The molecule has 1 saturated heterocycles. The highest BCUT2D eigenvalue weighted by Crippen LogP contribution is 2.17. The number of nitrogens with zero attached hydrogens (tertiary/aromatic N) is 2. The molecule has 5 nitrogen and oxygen atoms in total. The van der Waals surface area contributed by atoms with Crippen molar-refractivity contribution in [3.8, 4) is 0 Å². The molecule has 1 aliphatic rings. The summed E-state index contributed by atoms with van der Waals surface area (Å²) < 4.78 is 0. The first-order valence-electron chi connectivity index (χ1n) is 6.87. The molecule has 0 aromatic carbocycles. The van der Waals surface area contributed by atoms with Crippen LogP contribution in [0.3, 0.4) is 0 Å². The molecular weight excluding hydrogens is 242 g/mol. The topological polar surface area (TPSA) is 56.4 Å². The highest BCUT2D eigenvalue weighted by atomic mass is 16.2. The van der Waals surface area contributed by atoms with E-state index < -0.39 is 0 Å². The highest BCUT2D eigenvalue weighted by Gasteiger charge is 2.29. The number of hydrogen-bond donors (Lipinski definition) is 1. The van der Waals surface area contributed by atoms with Crippen molar-refractivity contribution in [3.63, 3.8) is 0 Å². The zero-order chi connectivity index (χ0) is 13.8. The van der Waals surface area contributed by atoms with Crippen LogP contribution in [0.25, 0.3) is 0 Å². The molecular formula is C14H21N3O2. The van der Waals surface area contributed by atoms with Gasteiger partial charge in [0.25, 0.3) is 5.91 Å². The van der Waals surface area contributed by atoms with Crippen molar-refractivity contribution in [2.45, 2.75) is 26.3 Å². The molecule has 1 aliphatic heterocycles. The van der Waals surface area contributed by atoms with Crippen molar-refractivity contribution in [2.24, 2.45) is 0 Å². The quantitative estimate of drug-likeness (QED) is 0.879. The number of amides is 1. The van der Waals surface area contributed by atoms with Crippen LogP contribution in [0.4, 0.5) is 0 Å². The number of carbonyl (C=O) groups is 1. The van der Waals surface area contributed by atoms with E-state index in [4.69, 9.17) is 0 Å². The summed E-state index contributed by atoms with van der Waals surface area (Å²) in [7, 11) is 0. The number of likely N-dealkylation sites (tertiary alicyclic amines) is 1. The molecule has 0 aliphatic carbocycles. The lowest BCUT2D eigenvalue weighted by Gasteiger charge is -2.26. The lowest BCUT2D eigenvalue weighted by molar-refractivity contribution is 0.0777. The van der Waals surface area contributed by atoms with Gasteiger partial charge in [0.1, 0.15) is 0 Å². The zero-order valence-corrected chi connectivity index (χ0v) is 11.6. The third kappa shape index (κ3) is 3.04. The van der Waals surface area contributed by atoms with Gasteiger partial charge in [-0.15, -0.1) is 0 Å². The summed E-state index contributed by atoms with van der Waals surface area (Å²) in [6.07, 6.45) is 2.53. The van der Waals surface area contributed by atoms with Gasteiger partial charge in [0.05, 0.1) is 0 Å². The number of rotatable bonds is 4. The molecule has 2 rings (SSSR count). The Labute approximate surface area is 113 Å². The van der Waals surface area contributed by atoms with Crippen molar-refractivity contribution in [1.29, 1.82) is 0 Å². The first-order chi connectivity index (χ1) is 9.15. The largest absolute Gasteiger partial charge is 0.337 e. The number of hydrogen-bond acceptors (Lipinski definition) is 3. The number of aromatic nitrogens is 1. The van der Waals surface area contributed by atoms with Gasteiger partial charge in [-0.2, -0.15) is 0 Å². The van der Waals surface area contributed by atoms with Crippen LogP contribution >= 0.6 is 0 Å². The normalized spacial score (nSPS) is 19.1. The van der Waals surface area contributed by atoms with Crippen LogP contribution < -0.4 is 5.56 Å². The van der Waals surface area contributed by atoms with Crippen molar-refractivity contribution in [2.75, 3.05) is 26.2 Å². The summed E-state index contributed by atoms with van der Waals surface area (Å²) in [6, 6.07) is 3.47. The summed E-state index contributed by atoms with van der Waals surface area (Å²) >= 11 is 0. The van der Waals surface area contributed by atoms with E-state index in [-0.39, 0.29) is 11.5 Å². The highest BCUT2D eigenvalue weighted by molar-refractivity contribution is 5.94. The molecule has 1 N–H and O–H groups in total. The van der Waals surface area contributed by atoms with Gasteiger partial charge in [0.2, 0.25) is 5.56 Å². The molecule has 0 bridgehead atoms. The SMILES string of the molecule is CCN(CC)C1CCN(C(=O)c2cc[nH]c(=O)c2)C1. The third-order valence-corrected chi connectivity index (χ3v) is 3.80. The summed E-state index contributed by atoms with van der Waals surface area (Å²) in [5.74, 6) is -0.0410. The van der Waals surface area contributed by atoms with E-state index in [1.165, 1.54) is 12.3 Å². The van der Waals surface area contributed by atoms with Gasteiger partial charge in [0, 0.05) is 37.0 Å². The fraction of sp³-hybridized carbons (Fsp3) is 0.571. The molecule has 0 radical (unpaired) electrons. The van der Waals surface area contributed by atoms with Crippen LogP contribution in [0.15, 0.2) is 23.1 Å². The summed E-state index contributed by atoms with van der Waals surface area (Å²) in [5, 5.41) is 0. The molecule has 1 unspecified atom stereocenters. The Bertz CT molecular complexity index is 493. The van der Waals surface area contributed by atoms with E-state index in [1.54, 1.807) is 6.07 Å². The average Bonchev–Trinajstić information content (AvgIpc) is 2.89. The zero-order valence-electron chi connectivity index (χ0n) is 11.6. The monoisotopic (exact) mass is 263 g/mol. The van der Waals surface area contributed by atoms with Crippen LogP contribution in [0.1, 0.15) is 30.6 Å². The molecule has 1 aromatic rings. The number of likely N-dealkylation sites (N-methyl/N-ethyl adjacent to an activating group) is 1. The first-order valence-corrected chi connectivity index (χ1v) is 6.87. The molecule has 5 heteroatoms. The van der Waals surface area contributed by atoms with Gasteiger partial charge in [-0.05, 0) is 25.6 Å². The Balaban J connectivity index is 2.04. The Morgan fingerprint density at radius 3 is 2.84 bits per heavy atom. The lowest BCUT2D eigenvalue weighted by Crippen LogP contribution is -2.38. The van der Waals surface area contributed by atoms with Gasteiger partial charge in [-0.1, -0.05) is 13.8 Å². The maximum atomic E-state index is 12.3. The van der Waals surface area contributed by atoms with Crippen LogP contribution in [-0.4, -0.2) is 52.9 Å². The molecule has 0 saturated carbocycles. The Kier molecular flexibility index (Phi) is 4.37. The van der Waals surface area contributed by atoms with Gasteiger partial charge in [0.15, 0.2) is 0 Å². The average molecular weight is 263 g/mol. The van der Waals surface area contributed by atoms with E-state index in [1.807, 2.05) is 4.90 Å². The standard InChI is InChI=1S/C14H21N3O2/c1-3-16(4-2)12-6-8-17(10-12)14(19)11-5-7-15-13(18)9-11/h5,7,9,12H,3-4,6,8,10H2,1-2H3,(H,15,18). The van der Waals surface area contributed by atoms with Crippen LogP contribution in [0.5, 0.6) is 0 Å². The lowest BCUT2D eigenvalue weighted by atomic mass is 10.2. The Morgan fingerprint density at radius 1 is 1.47 bits per heavy atom. The van der Waals surface area contributed by atoms with E-state index in [0.717, 1.165) is 32.6 Å². The minimum absolute atomic E-state index is 0.0410. The number of nitrogens with one attached hydrogen (secondary N) is 1. The summed E-state index contributed by atoms with van der Waals surface area (Å²) in [6.45, 7) is 7.83. The second-order valence-corrected chi connectivity index (χ2v) is 4.86. The van der Waals surface area contributed by atoms with Crippen molar-refractivity contribution >= 4 is 5.91 Å².